The molecule has 2 aliphatic rings. The predicted molar refractivity (Wildman–Crippen MR) is 67.8 cm³/mol. The van der Waals surface area contributed by atoms with Gasteiger partial charge in [-0.05, 0) is 49.9 Å². The van der Waals surface area contributed by atoms with E-state index in [0.717, 1.165) is 24.8 Å². The molecule has 1 aromatic rings. The normalized spacial score (nSPS) is 25.0. The van der Waals surface area contributed by atoms with E-state index in [2.05, 4.69) is 10.2 Å². The van der Waals surface area contributed by atoms with E-state index in [0.29, 0.717) is 6.04 Å². The van der Waals surface area contributed by atoms with Crippen LogP contribution >= 0.6 is 0 Å². The van der Waals surface area contributed by atoms with Gasteiger partial charge >= 0.3 is 0 Å². The zero-order valence-corrected chi connectivity index (χ0v) is 10.0. The fourth-order valence-corrected chi connectivity index (χ4v) is 2.58. The molecule has 3 heteroatoms. The van der Waals surface area contributed by atoms with Crippen molar-refractivity contribution in [1.29, 1.82) is 0 Å². The van der Waals surface area contributed by atoms with Crippen LogP contribution in [0, 0.1) is 5.82 Å². The van der Waals surface area contributed by atoms with E-state index in [4.69, 9.17) is 0 Å². The summed E-state index contributed by atoms with van der Waals surface area (Å²) in [5.41, 5.74) is 1.15. The molecular formula is C14H19FN2. The van der Waals surface area contributed by atoms with Gasteiger partial charge in [-0.25, -0.2) is 4.39 Å². The number of hydrogen-bond acceptors (Lipinski definition) is 2. The topological polar surface area (TPSA) is 15.3 Å². The Morgan fingerprint density at radius 3 is 2.53 bits per heavy atom. The van der Waals surface area contributed by atoms with Crippen LogP contribution in [0.5, 0.6) is 0 Å². The third kappa shape index (κ3) is 2.78. The van der Waals surface area contributed by atoms with Gasteiger partial charge < -0.3 is 10.2 Å². The molecule has 0 aromatic heterocycles. The van der Waals surface area contributed by atoms with Crippen LogP contribution in [0.4, 0.5) is 10.1 Å². The van der Waals surface area contributed by atoms with Crippen molar-refractivity contribution in [1.82, 2.24) is 5.32 Å². The standard InChI is InChI=1S/C14H19FN2/c15-11-3-7-14(8-4-11)17-9-1-2-13(10-17)16-12-5-6-12/h3-4,7-8,12-13,16H,1-2,5-6,9-10H2. The summed E-state index contributed by atoms with van der Waals surface area (Å²) in [6, 6.07) is 8.25. The summed E-state index contributed by atoms with van der Waals surface area (Å²) in [6.45, 7) is 2.15. The second-order valence-corrected chi connectivity index (χ2v) is 5.20. The van der Waals surface area contributed by atoms with Crippen molar-refractivity contribution in [2.75, 3.05) is 18.0 Å². The van der Waals surface area contributed by atoms with Crippen molar-refractivity contribution in [3.05, 3.63) is 30.1 Å². The molecule has 1 unspecified atom stereocenters. The number of piperidine rings is 1. The molecule has 3 rings (SSSR count). The molecule has 2 nitrogen and oxygen atoms in total. The molecule has 17 heavy (non-hydrogen) atoms. The molecule has 2 fully saturated rings. The third-order valence-corrected chi connectivity index (χ3v) is 3.66. The summed E-state index contributed by atoms with van der Waals surface area (Å²) in [6.07, 6.45) is 5.18. The van der Waals surface area contributed by atoms with Crippen LogP contribution in [0.15, 0.2) is 24.3 Å². The first-order valence-electron chi connectivity index (χ1n) is 6.58. The van der Waals surface area contributed by atoms with Crippen LogP contribution in [-0.4, -0.2) is 25.2 Å². The zero-order chi connectivity index (χ0) is 11.7. The molecule has 1 atom stereocenters. The zero-order valence-electron chi connectivity index (χ0n) is 10.0. The quantitative estimate of drug-likeness (QED) is 0.864. The highest BCUT2D eigenvalue weighted by Crippen LogP contribution is 2.24. The van der Waals surface area contributed by atoms with Gasteiger partial charge in [0, 0.05) is 30.9 Å². The molecular weight excluding hydrogens is 215 g/mol. The monoisotopic (exact) mass is 234 g/mol. The van der Waals surface area contributed by atoms with Gasteiger partial charge in [0.15, 0.2) is 0 Å². The molecule has 0 radical (unpaired) electrons. The number of halogens is 1. The lowest BCUT2D eigenvalue weighted by atomic mass is 10.0. The maximum Gasteiger partial charge on any atom is 0.123 e. The second-order valence-electron chi connectivity index (χ2n) is 5.20. The minimum atomic E-state index is -0.154. The highest BCUT2D eigenvalue weighted by Gasteiger charge is 2.27. The van der Waals surface area contributed by atoms with Crippen LogP contribution in [0.3, 0.4) is 0 Å². The van der Waals surface area contributed by atoms with Crippen molar-refractivity contribution in [2.45, 2.75) is 37.8 Å². The van der Waals surface area contributed by atoms with Gasteiger partial charge in [-0.15, -0.1) is 0 Å². The number of rotatable bonds is 3. The average molecular weight is 234 g/mol. The van der Waals surface area contributed by atoms with E-state index >= 15 is 0 Å². The van der Waals surface area contributed by atoms with Gasteiger partial charge in [0.2, 0.25) is 0 Å². The Bertz CT molecular complexity index is 372. The summed E-state index contributed by atoms with van der Waals surface area (Å²) >= 11 is 0. The smallest absolute Gasteiger partial charge is 0.123 e. The SMILES string of the molecule is Fc1ccc(N2CCCC(NC3CC3)C2)cc1. The average Bonchev–Trinajstić information content (AvgIpc) is 3.14. The number of anilines is 1. The van der Waals surface area contributed by atoms with E-state index in [1.165, 1.54) is 25.7 Å². The van der Waals surface area contributed by atoms with Crippen molar-refractivity contribution >= 4 is 5.69 Å². The molecule has 1 heterocycles. The first-order chi connectivity index (χ1) is 8.31. The fourth-order valence-electron chi connectivity index (χ4n) is 2.58. The summed E-state index contributed by atoms with van der Waals surface area (Å²) in [5.74, 6) is -0.154. The van der Waals surface area contributed by atoms with Crippen molar-refractivity contribution in [2.24, 2.45) is 0 Å². The van der Waals surface area contributed by atoms with E-state index < -0.39 is 0 Å². The summed E-state index contributed by atoms with van der Waals surface area (Å²) in [5, 5.41) is 3.69. The van der Waals surface area contributed by atoms with Crippen molar-refractivity contribution in [3.8, 4) is 0 Å². The van der Waals surface area contributed by atoms with E-state index in [1.54, 1.807) is 12.1 Å². The lowest BCUT2D eigenvalue weighted by molar-refractivity contribution is 0.420. The van der Waals surface area contributed by atoms with Crippen molar-refractivity contribution < 1.29 is 4.39 Å². The Balaban J connectivity index is 1.63. The molecule has 1 saturated heterocycles. The first-order valence-corrected chi connectivity index (χ1v) is 6.58. The van der Waals surface area contributed by atoms with Crippen LogP contribution in [0.25, 0.3) is 0 Å². The van der Waals surface area contributed by atoms with Crippen LogP contribution < -0.4 is 10.2 Å². The fraction of sp³-hybridized carbons (Fsp3) is 0.571. The molecule has 0 amide bonds. The Morgan fingerprint density at radius 1 is 1.06 bits per heavy atom. The summed E-state index contributed by atoms with van der Waals surface area (Å²) < 4.78 is 12.9. The second kappa shape index (κ2) is 4.65. The van der Waals surface area contributed by atoms with Crippen LogP contribution in [0.1, 0.15) is 25.7 Å². The molecule has 1 aromatic carbocycles. The largest absolute Gasteiger partial charge is 0.370 e. The highest BCUT2D eigenvalue weighted by molar-refractivity contribution is 5.46. The first kappa shape index (κ1) is 11.0. The van der Waals surface area contributed by atoms with Crippen LogP contribution in [0.2, 0.25) is 0 Å². The highest BCUT2D eigenvalue weighted by atomic mass is 19.1. The summed E-state index contributed by atoms with van der Waals surface area (Å²) in [7, 11) is 0. The molecule has 1 saturated carbocycles. The lowest BCUT2D eigenvalue weighted by Crippen LogP contribution is -2.46. The van der Waals surface area contributed by atoms with E-state index in [1.807, 2.05) is 12.1 Å². The number of benzene rings is 1. The number of nitrogens with one attached hydrogen (secondary N) is 1. The van der Waals surface area contributed by atoms with Gasteiger partial charge in [-0.3, -0.25) is 0 Å². The molecule has 1 aliphatic carbocycles. The Labute approximate surface area is 102 Å². The minimum absolute atomic E-state index is 0.154. The van der Waals surface area contributed by atoms with Gasteiger partial charge in [0.25, 0.3) is 0 Å². The molecule has 92 valence electrons. The third-order valence-electron chi connectivity index (χ3n) is 3.66. The predicted octanol–water partition coefficient (Wildman–Crippen LogP) is 2.55. The van der Waals surface area contributed by atoms with Gasteiger partial charge in [0.1, 0.15) is 5.82 Å². The number of nitrogens with zero attached hydrogens (tertiary/aromatic N) is 1. The van der Waals surface area contributed by atoms with Gasteiger partial charge in [-0.2, -0.15) is 0 Å². The lowest BCUT2D eigenvalue weighted by Gasteiger charge is -2.35. The van der Waals surface area contributed by atoms with Gasteiger partial charge in [-0.1, -0.05) is 0 Å². The Morgan fingerprint density at radius 2 is 1.82 bits per heavy atom. The molecule has 0 bridgehead atoms. The Kier molecular flexibility index (Phi) is 3.02. The minimum Gasteiger partial charge on any atom is -0.370 e. The molecule has 0 spiro atoms. The molecule has 1 N–H and O–H groups in total. The van der Waals surface area contributed by atoms with Crippen molar-refractivity contribution in [3.63, 3.8) is 0 Å². The van der Waals surface area contributed by atoms with E-state index in [9.17, 15) is 4.39 Å². The summed E-state index contributed by atoms with van der Waals surface area (Å²) in [4.78, 5) is 2.36. The van der Waals surface area contributed by atoms with Gasteiger partial charge in [0.05, 0.1) is 0 Å². The maximum atomic E-state index is 12.9. The Hall–Kier alpha value is -1.09. The number of hydrogen-bond donors (Lipinski definition) is 1. The van der Waals surface area contributed by atoms with E-state index in [-0.39, 0.29) is 5.82 Å². The maximum absolute atomic E-state index is 12.9. The molecule has 1 aliphatic heterocycles. The van der Waals surface area contributed by atoms with Crippen LogP contribution in [-0.2, 0) is 0 Å².